The van der Waals surface area contributed by atoms with Gasteiger partial charge in [-0.1, -0.05) is 22.8 Å². The van der Waals surface area contributed by atoms with E-state index in [1.54, 1.807) is 0 Å². The molecule has 5 heteroatoms. The van der Waals surface area contributed by atoms with Crippen LogP contribution in [0.25, 0.3) is 11.0 Å². The average molecular weight is 320 g/mol. The van der Waals surface area contributed by atoms with E-state index in [2.05, 4.69) is 29.2 Å². The molecule has 3 aliphatic heterocycles. The minimum Gasteiger partial charge on any atom is -0.362 e. The van der Waals surface area contributed by atoms with Crippen LogP contribution < -0.4 is 5.32 Å². The van der Waals surface area contributed by atoms with Crippen LogP contribution in [-0.2, 0) is 0 Å². The van der Waals surface area contributed by atoms with E-state index in [0.29, 0.717) is 22.6 Å². The first kappa shape index (κ1) is 14.3. The largest absolute Gasteiger partial charge is 0.362 e. The van der Waals surface area contributed by atoms with Gasteiger partial charge in [-0.25, -0.2) is 0 Å². The zero-order chi connectivity index (χ0) is 15.5. The van der Waals surface area contributed by atoms with Crippen molar-refractivity contribution in [3.05, 3.63) is 22.7 Å². The van der Waals surface area contributed by atoms with E-state index in [1.807, 2.05) is 19.1 Å². The first-order valence-corrected chi connectivity index (χ1v) is 8.42. The maximum Gasteiger partial charge on any atom is 0.187 e. The van der Waals surface area contributed by atoms with E-state index in [-0.39, 0.29) is 5.54 Å². The number of nitrogens with zero attached hydrogens (tertiary/aromatic N) is 2. The van der Waals surface area contributed by atoms with E-state index in [0.717, 1.165) is 16.8 Å². The van der Waals surface area contributed by atoms with Gasteiger partial charge < -0.3 is 9.84 Å². The molecule has 0 radical (unpaired) electrons. The molecule has 0 unspecified atom stereocenters. The Labute approximate surface area is 135 Å². The van der Waals surface area contributed by atoms with Gasteiger partial charge in [0.05, 0.1) is 10.4 Å². The molecule has 3 fully saturated rings. The first-order valence-electron chi connectivity index (χ1n) is 8.04. The van der Waals surface area contributed by atoms with Gasteiger partial charge in [0.1, 0.15) is 0 Å². The standard InChI is InChI=1S/C17H22ClN3O/c1-10-4-5-12-14(13(10)18)22-20-16(12)19-15-11-6-8-21(9-7-11)17(15,2)3/h4-5,11,15H,6-9H2,1-3H3,(H,19,20)/t15-/m1/s1. The molecule has 0 spiro atoms. The minimum atomic E-state index is 0.140. The van der Waals surface area contributed by atoms with Gasteiger partial charge in [0.2, 0.25) is 0 Å². The SMILES string of the molecule is Cc1ccc2c(N[C@@H]3C4CCN(CC4)C3(C)C)noc2c1Cl. The number of benzene rings is 1. The number of fused-ring (bicyclic) bond motifs is 4. The maximum atomic E-state index is 6.33. The van der Waals surface area contributed by atoms with Gasteiger partial charge in [0, 0.05) is 11.6 Å². The predicted molar refractivity (Wildman–Crippen MR) is 89.5 cm³/mol. The lowest BCUT2D eigenvalue weighted by molar-refractivity contribution is -0.0189. The molecule has 5 rings (SSSR count). The smallest absolute Gasteiger partial charge is 0.187 e. The molecule has 118 valence electrons. The molecular weight excluding hydrogens is 298 g/mol. The van der Waals surface area contributed by atoms with Crippen LogP contribution in [0.4, 0.5) is 5.82 Å². The van der Waals surface area contributed by atoms with Gasteiger partial charge in [-0.05, 0) is 64.3 Å². The van der Waals surface area contributed by atoms with E-state index in [1.165, 1.54) is 25.9 Å². The zero-order valence-corrected chi connectivity index (χ0v) is 14.1. The van der Waals surface area contributed by atoms with Crippen LogP contribution in [0.3, 0.4) is 0 Å². The molecule has 3 aliphatic rings. The number of halogens is 1. The normalized spacial score (nSPS) is 29.9. The second-order valence-electron chi connectivity index (χ2n) is 7.20. The van der Waals surface area contributed by atoms with Crippen molar-refractivity contribution in [3.63, 3.8) is 0 Å². The summed E-state index contributed by atoms with van der Waals surface area (Å²) >= 11 is 6.33. The molecule has 0 saturated carbocycles. The molecule has 0 aliphatic carbocycles. The minimum absolute atomic E-state index is 0.140. The van der Waals surface area contributed by atoms with Gasteiger partial charge in [0.25, 0.3) is 0 Å². The molecule has 1 aromatic heterocycles. The molecule has 4 heterocycles. The summed E-state index contributed by atoms with van der Waals surface area (Å²) in [6.45, 7) is 9.06. The number of nitrogens with one attached hydrogen (secondary N) is 1. The van der Waals surface area contributed by atoms with E-state index in [4.69, 9.17) is 16.1 Å². The Morgan fingerprint density at radius 1 is 1.32 bits per heavy atom. The van der Waals surface area contributed by atoms with Crippen LogP contribution in [0, 0.1) is 12.8 Å². The van der Waals surface area contributed by atoms with Gasteiger partial charge in [-0.15, -0.1) is 0 Å². The number of rotatable bonds is 2. The summed E-state index contributed by atoms with van der Waals surface area (Å²) in [6.07, 6.45) is 2.52. The summed E-state index contributed by atoms with van der Waals surface area (Å²) in [5.41, 5.74) is 1.84. The second-order valence-corrected chi connectivity index (χ2v) is 7.58. The van der Waals surface area contributed by atoms with Crippen molar-refractivity contribution in [2.45, 2.75) is 45.2 Å². The van der Waals surface area contributed by atoms with E-state index >= 15 is 0 Å². The highest BCUT2D eigenvalue weighted by molar-refractivity contribution is 6.35. The fraction of sp³-hybridized carbons (Fsp3) is 0.588. The Kier molecular flexibility index (Phi) is 3.17. The van der Waals surface area contributed by atoms with Crippen molar-refractivity contribution >= 4 is 28.4 Å². The summed E-state index contributed by atoms with van der Waals surface area (Å²) in [7, 11) is 0. The molecule has 3 saturated heterocycles. The second kappa shape index (κ2) is 4.87. The van der Waals surface area contributed by atoms with Crippen LogP contribution in [-0.4, -0.2) is 34.7 Å². The van der Waals surface area contributed by atoms with E-state index in [9.17, 15) is 0 Å². The molecule has 1 atom stereocenters. The van der Waals surface area contributed by atoms with Crippen molar-refractivity contribution in [2.75, 3.05) is 18.4 Å². The topological polar surface area (TPSA) is 41.3 Å². The maximum absolute atomic E-state index is 6.33. The van der Waals surface area contributed by atoms with Crippen LogP contribution in [0.5, 0.6) is 0 Å². The lowest BCUT2D eigenvalue weighted by atomic mass is 9.72. The lowest BCUT2D eigenvalue weighted by Crippen LogP contribution is -2.66. The molecule has 0 amide bonds. The molecular formula is C17H22ClN3O. The quantitative estimate of drug-likeness (QED) is 0.905. The highest BCUT2D eigenvalue weighted by Crippen LogP contribution is 2.41. The molecule has 1 aromatic carbocycles. The highest BCUT2D eigenvalue weighted by atomic mass is 35.5. The Morgan fingerprint density at radius 3 is 2.73 bits per heavy atom. The Hall–Kier alpha value is -1.26. The molecule has 1 N–H and O–H groups in total. The third-order valence-corrected chi connectivity index (χ3v) is 6.12. The van der Waals surface area contributed by atoms with Crippen molar-refractivity contribution in [1.82, 2.24) is 10.1 Å². The number of aromatic nitrogens is 1. The summed E-state index contributed by atoms with van der Waals surface area (Å²) in [4.78, 5) is 2.59. The number of anilines is 1. The Bertz CT molecular complexity index is 716. The first-order chi connectivity index (χ1) is 10.5. The fourth-order valence-electron chi connectivity index (χ4n) is 4.20. The van der Waals surface area contributed by atoms with Crippen molar-refractivity contribution in [2.24, 2.45) is 5.92 Å². The van der Waals surface area contributed by atoms with Crippen molar-refractivity contribution in [3.8, 4) is 0 Å². The summed E-state index contributed by atoms with van der Waals surface area (Å²) in [6, 6.07) is 4.46. The molecule has 4 nitrogen and oxygen atoms in total. The average Bonchev–Trinajstić information content (AvgIpc) is 2.91. The molecule has 2 aromatic rings. The zero-order valence-electron chi connectivity index (χ0n) is 13.3. The number of hydrogen-bond donors (Lipinski definition) is 1. The van der Waals surface area contributed by atoms with E-state index < -0.39 is 0 Å². The van der Waals surface area contributed by atoms with Crippen LogP contribution in [0.1, 0.15) is 32.3 Å². The van der Waals surface area contributed by atoms with Gasteiger partial charge >= 0.3 is 0 Å². The van der Waals surface area contributed by atoms with Gasteiger partial charge in [-0.3, -0.25) is 4.90 Å². The third-order valence-electron chi connectivity index (χ3n) is 5.65. The monoisotopic (exact) mass is 319 g/mol. The number of piperidine rings is 3. The number of aryl methyl sites for hydroxylation is 1. The molecule has 2 bridgehead atoms. The fourth-order valence-corrected chi connectivity index (χ4v) is 4.40. The van der Waals surface area contributed by atoms with Gasteiger partial charge in [-0.2, -0.15) is 0 Å². The third kappa shape index (κ3) is 1.97. The van der Waals surface area contributed by atoms with Crippen LogP contribution in [0.2, 0.25) is 5.02 Å². The summed E-state index contributed by atoms with van der Waals surface area (Å²) in [5.74, 6) is 1.52. The van der Waals surface area contributed by atoms with Crippen molar-refractivity contribution in [1.29, 1.82) is 0 Å². The van der Waals surface area contributed by atoms with Crippen LogP contribution >= 0.6 is 11.6 Å². The summed E-state index contributed by atoms with van der Waals surface area (Å²) < 4.78 is 5.49. The highest BCUT2D eigenvalue weighted by Gasteiger charge is 2.47. The summed E-state index contributed by atoms with van der Waals surface area (Å²) in [5, 5.41) is 9.55. The lowest BCUT2D eigenvalue weighted by Gasteiger charge is -2.56. The van der Waals surface area contributed by atoms with Gasteiger partial charge in [0.15, 0.2) is 11.4 Å². The Balaban J connectivity index is 1.70. The Morgan fingerprint density at radius 2 is 2.05 bits per heavy atom. The van der Waals surface area contributed by atoms with Crippen LogP contribution in [0.15, 0.2) is 16.7 Å². The van der Waals surface area contributed by atoms with Crippen molar-refractivity contribution < 1.29 is 4.52 Å². The number of hydrogen-bond acceptors (Lipinski definition) is 4. The predicted octanol–water partition coefficient (Wildman–Crippen LogP) is 4.07. The molecule has 22 heavy (non-hydrogen) atoms.